The summed E-state index contributed by atoms with van der Waals surface area (Å²) >= 11 is 0. The van der Waals surface area contributed by atoms with E-state index in [4.69, 9.17) is 18.9 Å². The van der Waals surface area contributed by atoms with Gasteiger partial charge in [-0.3, -0.25) is 0 Å². The first-order valence-electron chi connectivity index (χ1n) is 8.23. The monoisotopic (exact) mass is 336 g/mol. The minimum atomic E-state index is -0.886. The van der Waals surface area contributed by atoms with Gasteiger partial charge in [-0.25, -0.2) is 0 Å². The molecule has 7 heteroatoms. The van der Waals surface area contributed by atoms with Crippen LogP contribution in [0.1, 0.15) is 33.6 Å². The van der Waals surface area contributed by atoms with Crippen molar-refractivity contribution in [3.8, 4) is 0 Å². The molecule has 1 saturated heterocycles. The highest BCUT2D eigenvalue weighted by Crippen LogP contribution is 2.28. The van der Waals surface area contributed by atoms with Crippen LogP contribution in [0.4, 0.5) is 0 Å². The molecular formula is C16H32O7. The normalized spacial score (nSPS) is 29.2. The van der Waals surface area contributed by atoms with Gasteiger partial charge in [0.1, 0.15) is 0 Å². The lowest BCUT2D eigenvalue weighted by atomic mass is 9.85. The zero-order valence-corrected chi connectivity index (χ0v) is 14.5. The Bertz CT molecular complexity index is 316. The molecule has 2 atom stereocenters. The molecule has 2 unspecified atom stereocenters. The summed E-state index contributed by atoms with van der Waals surface area (Å²) in [7, 11) is 0. The van der Waals surface area contributed by atoms with Crippen molar-refractivity contribution in [2.45, 2.75) is 46.2 Å². The Kier molecular flexibility index (Phi) is 8.92. The lowest BCUT2D eigenvalue weighted by Gasteiger charge is -2.39. The molecule has 0 radical (unpaired) electrons. The molecule has 1 fully saturated rings. The Morgan fingerprint density at radius 2 is 1.91 bits per heavy atom. The maximum atomic E-state index is 9.77. The van der Waals surface area contributed by atoms with Crippen molar-refractivity contribution in [1.82, 2.24) is 0 Å². The summed E-state index contributed by atoms with van der Waals surface area (Å²) in [5, 5.41) is 28.7. The summed E-state index contributed by atoms with van der Waals surface area (Å²) in [4.78, 5) is 0. The number of rotatable bonds is 11. The molecule has 1 rings (SSSR count). The van der Waals surface area contributed by atoms with Gasteiger partial charge in [0, 0.05) is 5.41 Å². The molecule has 138 valence electrons. The highest BCUT2D eigenvalue weighted by atomic mass is 16.7. The van der Waals surface area contributed by atoms with E-state index >= 15 is 0 Å². The SMILES string of the molecule is CCCC(CO)(COCC1(CO)COC(C)OC1)COC(C)O. The van der Waals surface area contributed by atoms with Crippen LogP contribution in [0.2, 0.25) is 0 Å². The summed E-state index contributed by atoms with van der Waals surface area (Å²) in [6, 6.07) is 0. The molecule has 0 bridgehead atoms. The highest BCUT2D eigenvalue weighted by molar-refractivity contribution is 4.83. The molecule has 1 aliphatic rings. The molecule has 0 saturated carbocycles. The zero-order valence-electron chi connectivity index (χ0n) is 14.5. The van der Waals surface area contributed by atoms with E-state index in [9.17, 15) is 15.3 Å². The quantitative estimate of drug-likeness (QED) is 0.473. The fourth-order valence-corrected chi connectivity index (χ4v) is 2.57. The second kappa shape index (κ2) is 9.88. The fourth-order valence-electron chi connectivity index (χ4n) is 2.57. The van der Waals surface area contributed by atoms with E-state index in [-0.39, 0.29) is 39.3 Å². The zero-order chi connectivity index (χ0) is 17.3. The summed E-state index contributed by atoms with van der Waals surface area (Å²) in [6.45, 7) is 6.69. The Hall–Kier alpha value is -0.280. The predicted octanol–water partition coefficient (Wildman–Crippen LogP) is 0.508. The second-order valence-corrected chi connectivity index (χ2v) is 6.66. The molecular weight excluding hydrogens is 304 g/mol. The average Bonchev–Trinajstić information content (AvgIpc) is 2.55. The van der Waals surface area contributed by atoms with Gasteiger partial charge in [0.25, 0.3) is 0 Å². The van der Waals surface area contributed by atoms with Crippen LogP contribution in [-0.2, 0) is 18.9 Å². The first kappa shape index (κ1) is 20.8. The maximum Gasteiger partial charge on any atom is 0.154 e. The van der Waals surface area contributed by atoms with Crippen LogP contribution in [0.15, 0.2) is 0 Å². The lowest BCUT2D eigenvalue weighted by molar-refractivity contribution is -0.242. The largest absolute Gasteiger partial charge is 0.396 e. The van der Waals surface area contributed by atoms with Gasteiger partial charge in [0.2, 0.25) is 0 Å². The van der Waals surface area contributed by atoms with E-state index < -0.39 is 17.1 Å². The number of ether oxygens (including phenoxy) is 4. The smallest absolute Gasteiger partial charge is 0.154 e. The molecule has 1 heterocycles. The molecule has 7 nitrogen and oxygen atoms in total. The number of hydrogen-bond donors (Lipinski definition) is 3. The van der Waals surface area contributed by atoms with Gasteiger partial charge in [-0.1, -0.05) is 13.3 Å². The van der Waals surface area contributed by atoms with E-state index in [2.05, 4.69) is 0 Å². The molecule has 0 aliphatic carbocycles. The molecule has 23 heavy (non-hydrogen) atoms. The van der Waals surface area contributed by atoms with Gasteiger partial charge in [0.05, 0.1) is 51.7 Å². The van der Waals surface area contributed by atoms with Crippen LogP contribution in [0.3, 0.4) is 0 Å². The molecule has 0 spiro atoms. The third kappa shape index (κ3) is 6.62. The van der Waals surface area contributed by atoms with Crippen LogP contribution >= 0.6 is 0 Å². The third-order valence-electron chi connectivity index (χ3n) is 4.15. The molecule has 0 aromatic rings. The predicted molar refractivity (Wildman–Crippen MR) is 83.8 cm³/mol. The highest BCUT2D eigenvalue weighted by Gasteiger charge is 2.37. The van der Waals surface area contributed by atoms with E-state index in [0.717, 1.165) is 6.42 Å². The fraction of sp³-hybridized carbons (Fsp3) is 1.00. The van der Waals surface area contributed by atoms with Gasteiger partial charge >= 0.3 is 0 Å². The Balaban J connectivity index is 2.55. The van der Waals surface area contributed by atoms with Crippen molar-refractivity contribution < 1.29 is 34.3 Å². The number of aliphatic hydroxyl groups excluding tert-OH is 3. The van der Waals surface area contributed by atoms with Gasteiger partial charge < -0.3 is 34.3 Å². The van der Waals surface area contributed by atoms with Crippen LogP contribution in [0, 0.1) is 10.8 Å². The van der Waals surface area contributed by atoms with Crippen LogP contribution in [-0.4, -0.2) is 74.1 Å². The van der Waals surface area contributed by atoms with Gasteiger partial charge in [-0.2, -0.15) is 0 Å². The minimum absolute atomic E-state index is 0.0935. The van der Waals surface area contributed by atoms with Crippen molar-refractivity contribution in [3.05, 3.63) is 0 Å². The molecule has 1 aliphatic heterocycles. The van der Waals surface area contributed by atoms with Gasteiger partial charge in [0.15, 0.2) is 12.6 Å². The van der Waals surface area contributed by atoms with Crippen LogP contribution < -0.4 is 0 Å². The van der Waals surface area contributed by atoms with Crippen LogP contribution in [0.5, 0.6) is 0 Å². The van der Waals surface area contributed by atoms with Crippen molar-refractivity contribution in [2.24, 2.45) is 10.8 Å². The Labute approximate surface area is 138 Å². The molecule has 3 N–H and O–H groups in total. The topological polar surface area (TPSA) is 97.6 Å². The van der Waals surface area contributed by atoms with Crippen molar-refractivity contribution in [2.75, 3.05) is 46.2 Å². The third-order valence-corrected chi connectivity index (χ3v) is 4.15. The van der Waals surface area contributed by atoms with E-state index in [1.165, 1.54) is 6.92 Å². The maximum absolute atomic E-state index is 9.77. The van der Waals surface area contributed by atoms with E-state index in [0.29, 0.717) is 19.6 Å². The summed E-state index contributed by atoms with van der Waals surface area (Å²) in [5.41, 5.74) is -1.14. The van der Waals surface area contributed by atoms with Gasteiger partial charge in [-0.05, 0) is 20.3 Å². The number of hydrogen-bond acceptors (Lipinski definition) is 7. The molecule has 0 aromatic heterocycles. The van der Waals surface area contributed by atoms with Crippen molar-refractivity contribution in [3.63, 3.8) is 0 Å². The van der Waals surface area contributed by atoms with E-state index in [1.807, 2.05) is 13.8 Å². The Morgan fingerprint density at radius 1 is 1.26 bits per heavy atom. The van der Waals surface area contributed by atoms with Crippen molar-refractivity contribution >= 4 is 0 Å². The first-order valence-corrected chi connectivity index (χ1v) is 8.23. The lowest BCUT2D eigenvalue weighted by Crippen LogP contribution is -2.47. The second-order valence-electron chi connectivity index (χ2n) is 6.66. The summed E-state index contributed by atoms with van der Waals surface area (Å²) in [6.07, 6.45) is 0.419. The summed E-state index contributed by atoms with van der Waals surface area (Å²) < 4.78 is 22.0. The van der Waals surface area contributed by atoms with Crippen LogP contribution in [0.25, 0.3) is 0 Å². The summed E-state index contributed by atoms with van der Waals surface area (Å²) in [5.74, 6) is 0. The van der Waals surface area contributed by atoms with Crippen molar-refractivity contribution in [1.29, 1.82) is 0 Å². The van der Waals surface area contributed by atoms with E-state index in [1.54, 1.807) is 0 Å². The molecule has 0 amide bonds. The first-order chi connectivity index (χ1) is 10.9. The standard InChI is InChI=1S/C16H32O7/c1-4-5-15(6-17,10-21-13(2)19)8-20-9-16(7-18)11-22-14(3)23-12-16/h13-14,17-19H,4-12H2,1-3H3. The molecule has 0 aromatic carbocycles. The average molecular weight is 336 g/mol. The number of aliphatic hydroxyl groups is 3. The van der Waals surface area contributed by atoms with Gasteiger partial charge in [-0.15, -0.1) is 0 Å². The Morgan fingerprint density at radius 3 is 2.39 bits per heavy atom. The minimum Gasteiger partial charge on any atom is -0.396 e.